The van der Waals surface area contributed by atoms with Crippen LogP contribution in [0.25, 0.3) is 0 Å². The van der Waals surface area contributed by atoms with E-state index in [1.165, 1.54) is 16.2 Å². The molecule has 1 aromatic heterocycles. The summed E-state index contributed by atoms with van der Waals surface area (Å²) < 4.78 is 0. The van der Waals surface area contributed by atoms with Crippen LogP contribution in [0.1, 0.15) is 34.8 Å². The van der Waals surface area contributed by atoms with Crippen LogP contribution in [0.3, 0.4) is 0 Å². The summed E-state index contributed by atoms with van der Waals surface area (Å²) in [5, 5.41) is 5.48. The third kappa shape index (κ3) is 3.10. The first-order chi connectivity index (χ1) is 8.56. The molecular weight excluding hydrogens is 248 g/mol. The van der Waals surface area contributed by atoms with Crippen molar-refractivity contribution in [1.82, 2.24) is 10.6 Å². The first-order valence-corrected chi connectivity index (χ1v) is 7.05. The summed E-state index contributed by atoms with van der Waals surface area (Å²) in [6.07, 6.45) is 1.66. The Balaban J connectivity index is 1.96. The van der Waals surface area contributed by atoms with E-state index >= 15 is 0 Å². The highest BCUT2D eigenvalue weighted by Crippen LogP contribution is 2.20. The zero-order chi connectivity index (χ0) is 13.1. The minimum atomic E-state index is -0.367. The van der Waals surface area contributed by atoms with Crippen molar-refractivity contribution < 1.29 is 9.59 Å². The number of amides is 2. The van der Waals surface area contributed by atoms with Crippen LogP contribution >= 0.6 is 11.3 Å². The summed E-state index contributed by atoms with van der Waals surface area (Å²) in [6, 6.07) is 3.46. The Morgan fingerprint density at radius 1 is 1.56 bits per heavy atom. The summed E-state index contributed by atoms with van der Waals surface area (Å²) in [7, 11) is 0. The van der Waals surface area contributed by atoms with Crippen molar-refractivity contribution in [3.63, 3.8) is 0 Å². The van der Waals surface area contributed by atoms with Crippen LogP contribution in [0.2, 0.25) is 0 Å². The van der Waals surface area contributed by atoms with E-state index in [1.54, 1.807) is 0 Å². The summed E-state index contributed by atoms with van der Waals surface area (Å²) in [6.45, 7) is 4.96. The van der Waals surface area contributed by atoms with Crippen molar-refractivity contribution in [2.45, 2.75) is 32.7 Å². The summed E-state index contributed by atoms with van der Waals surface area (Å²) in [5.74, 6) is 0.361. The highest BCUT2D eigenvalue weighted by molar-refractivity contribution is 7.14. The van der Waals surface area contributed by atoms with Gasteiger partial charge in [-0.1, -0.05) is 13.8 Å². The van der Waals surface area contributed by atoms with Crippen LogP contribution in [-0.4, -0.2) is 24.4 Å². The smallest absolute Gasteiger partial charge is 0.262 e. The Labute approximate surface area is 111 Å². The largest absolute Gasteiger partial charge is 0.354 e. The molecule has 1 saturated heterocycles. The Bertz CT molecular complexity index is 454. The standard InChI is InChI=1S/C13H18N2O2S/c1-8(2)7-9-3-4-11(18-9)13(17)15-10-5-6-14-12(10)16/h3-4,8,10H,5-7H2,1-2H3,(H,14,16)(H,15,17)/t10-/m0/s1. The molecule has 18 heavy (non-hydrogen) atoms. The molecule has 1 fully saturated rings. The first kappa shape index (κ1) is 13.1. The highest BCUT2D eigenvalue weighted by Gasteiger charge is 2.26. The van der Waals surface area contributed by atoms with Gasteiger partial charge in [0.15, 0.2) is 0 Å². The second-order valence-electron chi connectivity index (χ2n) is 4.97. The molecule has 2 heterocycles. The fourth-order valence-electron chi connectivity index (χ4n) is 1.97. The lowest BCUT2D eigenvalue weighted by Gasteiger charge is -2.08. The van der Waals surface area contributed by atoms with Gasteiger partial charge in [-0.2, -0.15) is 0 Å². The van der Waals surface area contributed by atoms with E-state index < -0.39 is 0 Å². The zero-order valence-corrected chi connectivity index (χ0v) is 11.5. The quantitative estimate of drug-likeness (QED) is 0.869. The van der Waals surface area contributed by atoms with E-state index in [0.717, 1.165) is 6.42 Å². The maximum atomic E-state index is 12.0. The fraction of sp³-hybridized carbons (Fsp3) is 0.538. The zero-order valence-electron chi connectivity index (χ0n) is 10.7. The van der Waals surface area contributed by atoms with Crippen LogP contribution in [0, 0.1) is 5.92 Å². The third-order valence-electron chi connectivity index (χ3n) is 2.85. The molecule has 1 aliphatic heterocycles. The second-order valence-corrected chi connectivity index (χ2v) is 6.14. The van der Waals surface area contributed by atoms with Gasteiger partial charge >= 0.3 is 0 Å². The normalized spacial score (nSPS) is 19.1. The van der Waals surface area contributed by atoms with Gasteiger partial charge in [0, 0.05) is 11.4 Å². The molecule has 1 aromatic rings. The van der Waals surface area contributed by atoms with E-state index in [0.29, 0.717) is 23.8 Å². The number of carbonyl (C=O) groups is 2. The molecule has 0 unspecified atom stereocenters. The van der Waals surface area contributed by atoms with Gasteiger partial charge in [-0.15, -0.1) is 11.3 Å². The topological polar surface area (TPSA) is 58.2 Å². The Kier molecular flexibility index (Phi) is 4.01. The van der Waals surface area contributed by atoms with Gasteiger partial charge in [-0.3, -0.25) is 9.59 Å². The summed E-state index contributed by atoms with van der Waals surface area (Å²) in [4.78, 5) is 25.2. The lowest BCUT2D eigenvalue weighted by Crippen LogP contribution is -2.39. The van der Waals surface area contributed by atoms with Gasteiger partial charge in [-0.25, -0.2) is 0 Å². The van der Waals surface area contributed by atoms with E-state index in [4.69, 9.17) is 0 Å². The first-order valence-electron chi connectivity index (χ1n) is 6.23. The molecule has 2 amide bonds. The molecule has 2 N–H and O–H groups in total. The lowest BCUT2D eigenvalue weighted by molar-refractivity contribution is -0.120. The van der Waals surface area contributed by atoms with Crippen molar-refractivity contribution in [3.05, 3.63) is 21.9 Å². The van der Waals surface area contributed by atoms with Crippen molar-refractivity contribution >= 4 is 23.2 Å². The Morgan fingerprint density at radius 3 is 2.94 bits per heavy atom. The molecule has 0 aromatic carbocycles. The number of hydrogen-bond donors (Lipinski definition) is 2. The highest BCUT2D eigenvalue weighted by atomic mass is 32.1. The number of nitrogens with one attached hydrogen (secondary N) is 2. The molecule has 5 heteroatoms. The lowest BCUT2D eigenvalue weighted by atomic mass is 10.1. The van der Waals surface area contributed by atoms with Gasteiger partial charge in [-0.05, 0) is 30.9 Å². The van der Waals surface area contributed by atoms with Gasteiger partial charge in [0.05, 0.1) is 4.88 Å². The number of carbonyl (C=O) groups excluding carboxylic acids is 2. The molecule has 0 aliphatic carbocycles. The van der Waals surface area contributed by atoms with Crippen LogP contribution in [0.5, 0.6) is 0 Å². The van der Waals surface area contributed by atoms with E-state index in [1.807, 2.05) is 12.1 Å². The minimum Gasteiger partial charge on any atom is -0.354 e. The van der Waals surface area contributed by atoms with Crippen LogP contribution in [0.15, 0.2) is 12.1 Å². The monoisotopic (exact) mass is 266 g/mol. The average molecular weight is 266 g/mol. The van der Waals surface area contributed by atoms with Gasteiger partial charge < -0.3 is 10.6 Å². The minimum absolute atomic E-state index is 0.0812. The van der Waals surface area contributed by atoms with Crippen molar-refractivity contribution in [2.24, 2.45) is 5.92 Å². The van der Waals surface area contributed by atoms with Gasteiger partial charge in [0.1, 0.15) is 6.04 Å². The molecule has 4 nitrogen and oxygen atoms in total. The Morgan fingerprint density at radius 2 is 2.33 bits per heavy atom. The van der Waals surface area contributed by atoms with Gasteiger partial charge in [0.25, 0.3) is 5.91 Å². The summed E-state index contributed by atoms with van der Waals surface area (Å²) >= 11 is 1.51. The predicted octanol–water partition coefficient (Wildman–Crippen LogP) is 1.56. The molecule has 98 valence electrons. The van der Waals surface area contributed by atoms with E-state index in [9.17, 15) is 9.59 Å². The van der Waals surface area contributed by atoms with Crippen molar-refractivity contribution in [3.8, 4) is 0 Å². The van der Waals surface area contributed by atoms with Crippen molar-refractivity contribution in [1.29, 1.82) is 0 Å². The number of hydrogen-bond acceptors (Lipinski definition) is 3. The van der Waals surface area contributed by atoms with Crippen molar-refractivity contribution in [2.75, 3.05) is 6.54 Å². The molecule has 0 radical (unpaired) electrons. The SMILES string of the molecule is CC(C)Cc1ccc(C(=O)N[C@H]2CCNC2=O)s1. The summed E-state index contributed by atoms with van der Waals surface area (Å²) in [5.41, 5.74) is 0. The molecular formula is C13H18N2O2S. The molecule has 2 rings (SSSR count). The molecule has 1 aliphatic rings. The molecule has 0 spiro atoms. The van der Waals surface area contributed by atoms with Gasteiger partial charge in [0.2, 0.25) is 5.91 Å². The number of thiophene rings is 1. The average Bonchev–Trinajstić information content (AvgIpc) is 2.88. The third-order valence-corrected chi connectivity index (χ3v) is 3.96. The van der Waals surface area contributed by atoms with Crippen LogP contribution in [0.4, 0.5) is 0 Å². The van der Waals surface area contributed by atoms with Crippen LogP contribution in [-0.2, 0) is 11.2 Å². The maximum absolute atomic E-state index is 12.0. The number of rotatable bonds is 4. The Hall–Kier alpha value is -1.36. The molecule has 1 atom stereocenters. The van der Waals surface area contributed by atoms with E-state index in [2.05, 4.69) is 24.5 Å². The molecule has 0 bridgehead atoms. The fourth-order valence-corrected chi connectivity index (χ4v) is 3.10. The van der Waals surface area contributed by atoms with E-state index in [-0.39, 0.29) is 17.9 Å². The second kappa shape index (κ2) is 5.52. The molecule has 0 saturated carbocycles. The predicted molar refractivity (Wildman–Crippen MR) is 71.7 cm³/mol. The maximum Gasteiger partial charge on any atom is 0.262 e. The van der Waals surface area contributed by atoms with Crippen LogP contribution < -0.4 is 10.6 Å².